The third-order valence-corrected chi connectivity index (χ3v) is 4.89. The topological polar surface area (TPSA) is 67.7 Å². The van der Waals surface area contributed by atoms with Gasteiger partial charge in [0.2, 0.25) is 11.8 Å². The number of carbonyl (C=O) groups is 2. The normalized spacial score (nSPS) is 21.1. The molecule has 0 aliphatic carbocycles. The molecular weight excluding hydrogens is 304 g/mol. The van der Waals surface area contributed by atoms with Crippen molar-refractivity contribution >= 4 is 17.5 Å². The molecule has 2 aliphatic heterocycles. The van der Waals surface area contributed by atoms with Gasteiger partial charge in [-0.2, -0.15) is 5.26 Å². The van der Waals surface area contributed by atoms with E-state index in [0.29, 0.717) is 38.3 Å². The molecule has 2 saturated heterocycles. The highest BCUT2D eigenvalue weighted by Crippen LogP contribution is 2.21. The molecular formula is C18H22N4O2. The first-order valence-electron chi connectivity index (χ1n) is 8.41. The van der Waals surface area contributed by atoms with Gasteiger partial charge in [-0.25, -0.2) is 0 Å². The zero-order valence-corrected chi connectivity index (χ0v) is 13.9. The van der Waals surface area contributed by atoms with Crippen molar-refractivity contribution in [3.05, 3.63) is 29.8 Å². The van der Waals surface area contributed by atoms with Crippen LogP contribution in [-0.2, 0) is 9.59 Å². The van der Waals surface area contributed by atoms with Crippen LogP contribution in [0.2, 0.25) is 0 Å². The summed E-state index contributed by atoms with van der Waals surface area (Å²) in [6.07, 6.45) is 0.838. The van der Waals surface area contributed by atoms with Crippen molar-refractivity contribution in [3.63, 3.8) is 0 Å². The van der Waals surface area contributed by atoms with Crippen molar-refractivity contribution in [3.8, 4) is 6.07 Å². The van der Waals surface area contributed by atoms with Gasteiger partial charge < -0.3 is 14.7 Å². The molecule has 6 nitrogen and oxygen atoms in total. The Kier molecular flexibility index (Phi) is 4.70. The molecule has 1 aromatic rings. The van der Waals surface area contributed by atoms with Gasteiger partial charge in [0.25, 0.3) is 0 Å². The van der Waals surface area contributed by atoms with Gasteiger partial charge in [0, 0.05) is 38.6 Å². The summed E-state index contributed by atoms with van der Waals surface area (Å²) in [4.78, 5) is 30.0. The summed E-state index contributed by atoms with van der Waals surface area (Å²) in [6, 6.07) is 9.76. The fourth-order valence-electron chi connectivity index (χ4n) is 3.36. The maximum absolute atomic E-state index is 12.4. The predicted octanol–water partition coefficient (Wildman–Crippen LogP) is 1.08. The fraction of sp³-hybridized carbons (Fsp3) is 0.500. The van der Waals surface area contributed by atoms with Crippen molar-refractivity contribution in [2.24, 2.45) is 5.92 Å². The Labute approximate surface area is 142 Å². The molecule has 1 aromatic carbocycles. The first-order valence-corrected chi connectivity index (χ1v) is 8.41. The van der Waals surface area contributed by atoms with E-state index in [1.807, 2.05) is 36.1 Å². The second-order valence-electron chi connectivity index (χ2n) is 6.45. The number of benzene rings is 1. The van der Waals surface area contributed by atoms with Gasteiger partial charge in [-0.3, -0.25) is 9.59 Å². The maximum atomic E-state index is 12.4. The molecule has 2 amide bonds. The lowest BCUT2D eigenvalue weighted by Gasteiger charge is -2.37. The van der Waals surface area contributed by atoms with Crippen LogP contribution in [0.5, 0.6) is 0 Å². The van der Waals surface area contributed by atoms with Crippen LogP contribution in [0, 0.1) is 17.2 Å². The molecule has 2 aliphatic rings. The molecule has 0 N–H and O–H groups in total. The second kappa shape index (κ2) is 6.91. The van der Waals surface area contributed by atoms with Crippen LogP contribution < -0.4 is 4.90 Å². The molecule has 0 aromatic heterocycles. The van der Waals surface area contributed by atoms with Crippen molar-refractivity contribution in [1.29, 1.82) is 5.26 Å². The van der Waals surface area contributed by atoms with Crippen LogP contribution >= 0.6 is 0 Å². The average molecular weight is 326 g/mol. The second-order valence-corrected chi connectivity index (χ2v) is 6.45. The monoisotopic (exact) mass is 326 g/mol. The SMILES string of the molecule is CC1CCN(CC(=O)N2CCN(c3ccccc3C#N)CC2)C1=O. The molecule has 0 spiro atoms. The van der Waals surface area contributed by atoms with Crippen molar-refractivity contribution in [1.82, 2.24) is 9.80 Å². The Hall–Kier alpha value is -2.55. The van der Waals surface area contributed by atoms with E-state index in [4.69, 9.17) is 0 Å². The Morgan fingerprint density at radius 1 is 1.21 bits per heavy atom. The number of amides is 2. The van der Waals surface area contributed by atoms with Crippen LogP contribution in [0.1, 0.15) is 18.9 Å². The summed E-state index contributed by atoms with van der Waals surface area (Å²) in [7, 11) is 0. The van der Waals surface area contributed by atoms with Crippen LogP contribution in [0.4, 0.5) is 5.69 Å². The Morgan fingerprint density at radius 3 is 2.54 bits per heavy atom. The van der Waals surface area contributed by atoms with Gasteiger partial charge in [-0.15, -0.1) is 0 Å². The number of piperazine rings is 1. The molecule has 2 fully saturated rings. The fourth-order valence-corrected chi connectivity index (χ4v) is 3.36. The minimum Gasteiger partial charge on any atom is -0.367 e. The lowest BCUT2D eigenvalue weighted by Crippen LogP contribution is -2.51. The molecule has 6 heteroatoms. The van der Waals surface area contributed by atoms with Crippen molar-refractivity contribution < 1.29 is 9.59 Å². The lowest BCUT2D eigenvalue weighted by atomic mass is 10.1. The third-order valence-electron chi connectivity index (χ3n) is 4.89. The lowest BCUT2D eigenvalue weighted by molar-refractivity contribution is -0.139. The van der Waals surface area contributed by atoms with Gasteiger partial charge in [0.05, 0.1) is 17.8 Å². The standard InChI is InChI=1S/C18H22N4O2/c1-14-6-7-22(18(14)24)13-17(23)21-10-8-20(9-11-21)16-5-3-2-4-15(16)12-19/h2-5,14H,6-11,13H2,1H3. The minimum atomic E-state index is 0.0191. The number of hydrogen-bond acceptors (Lipinski definition) is 4. The van der Waals surface area contributed by atoms with Crippen LogP contribution in [0.15, 0.2) is 24.3 Å². The van der Waals surface area contributed by atoms with Gasteiger partial charge in [-0.1, -0.05) is 19.1 Å². The zero-order chi connectivity index (χ0) is 17.1. The minimum absolute atomic E-state index is 0.0191. The average Bonchev–Trinajstić information content (AvgIpc) is 2.94. The molecule has 0 radical (unpaired) electrons. The Morgan fingerprint density at radius 2 is 1.92 bits per heavy atom. The van der Waals surface area contributed by atoms with E-state index in [0.717, 1.165) is 12.1 Å². The first kappa shape index (κ1) is 16.3. The number of para-hydroxylation sites is 1. The van der Waals surface area contributed by atoms with Gasteiger partial charge in [-0.05, 0) is 18.6 Å². The summed E-state index contributed by atoms with van der Waals surface area (Å²) < 4.78 is 0. The molecule has 24 heavy (non-hydrogen) atoms. The number of hydrogen-bond donors (Lipinski definition) is 0. The number of anilines is 1. The highest BCUT2D eigenvalue weighted by atomic mass is 16.2. The highest BCUT2D eigenvalue weighted by Gasteiger charge is 2.31. The van der Waals surface area contributed by atoms with E-state index in [-0.39, 0.29) is 24.3 Å². The highest BCUT2D eigenvalue weighted by molar-refractivity contribution is 5.87. The number of rotatable bonds is 3. The summed E-state index contributed by atoms with van der Waals surface area (Å²) in [5.41, 5.74) is 1.59. The Balaban J connectivity index is 1.56. The van der Waals surface area contributed by atoms with Gasteiger partial charge in [0.1, 0.15) is 6.07 Å². The largest absolute Gasteiger partial charge is 0.367 e. The van der Waals surface area contributed by atoms with E-state index >= 15 is 0 Å². The molecule has 1 atom stereocenters. The Bertz CT molecular complexity index is 674. The van der Waals surface area contributed by atoms with Crippen LogP contribution in [0.25, 0.3) is 0 Å². The number of likely N-dealkylation sites (tertiary alicyclic amines) is 1. The van der Waals surface area contributed by atoms with Crippen LogP contribution in [-0.4, -0.2) is 60.9 Å². The molecule has 0 saturated carbocycles. The van der Waals surface area contributed by atoms with E-state index in [1.54, 1.807) is 4.90 Å². The summed E-state index contributed by atoms with van der Waals surface area (Å²) >= 11 is 0. The predicted molar refractivity (Wildman–Crippen MR) is 90.3 cm³/mol. The van der Waals surface area contributed by atoms with E-state index < -0.39 is 0 Å². The number of carbonyl (C=O) groups excluding carboxylic acids is 2. The smallest absolute Gasteiger partial charge is 0.242 e. The van der Waals surface area contributed by atoms with Gasteiger partial charge in [0.15, 0.2) is 0 Å². The van der Waals surface area contributed by atoms with E-state index in [9.17, 15) is 14.9 Å². The van der Waals surface area contributed by atoms with Gasteiger partial charge >= 0.3 is 0 Å². The summed E-state index contributed by atoms with van der Waals surface area (Å²) in [6.45, 7) is 5.44. The molecule has 3 rings (SSSR count). The molecule has 1 unspecified atom stereocenters. The maximum Gasteiger partial charge on any atom is 0.242 e. The van der Waals surface area contributed by atoms with E-state index in [1.165, 1.54) is 0 Å². The number of nitriles is 1. The molecule has 126 valence electrons. The quantitative estimate of drug-likeness (QED) is 0.833. The van der Waals surface area contributed by atoms with Crippen molar-refractivity contribution in [2.45, 2.75) is 13.3 Å². The molecule has 0 bridgehead atoms. The van der Waals surface area contributed by atoms with Crippen molar-refractivity contribution in [2.75, 3.05) is 44.2 Å². The molecule has 2 heterocycles. The summed E-state index contributed by atoms with van der Waals surface area (Å²) in [5, 5.41) is 9.22. The third kappa shape index (κ3) is 3.21. The first-order chi connectivity index (χ1) is 11.6. The summed E-state index contributed by atoms with van der Waals surface area (Å²) in [5.74, 6) is 0.146. The number of nitrogens with zero attached hydrogens (tertiary/aromatic N) is 4. The van der Waals surface area contributed by atoms with Crippen LogP contribution in [0.3, 0.4) is 0 Å². The van der Waals surface area contributed by atoms with E-state index in [2.05, 4.69) is 11.0 Å². The zero-order valence-electron chi connectivity index (χ0n) is 13.9.